The number of nitrogens with zero attached hydrogens (tertiary/aromatic N) is 7. The van der Waals surface area contributed by atoms with Gasteiger partial charge in [-0.05, 0) is 85.8 Å². The van der Waals surface area contributed by atoms with Crippen molar-refractivity contribution < 1.29 is 9.15 Å². The molecule has 7 heteroatoms. The number of aromatic nitrogens is 2. The van der Waals surface area contributed by atoms with Crippen LogP contribution in [-0.4, -0.2) is 41.5 Å². The maximum atomic E-state index is 5.72. The summed E-state index contributed by atoms with van der Waals surface area (Å²) < 4.78 is 9.83. The first-order valence-electron chi connectivity index (χ1n) is 18.1. The van der Waals surface area contributed by atoms with Gasteiger partial charge in [0.1, 0.15) is 5.71 Å². The summed E-state index contributed by atoms with van der Waals surface area (Å²) in [4.78, 5) is 17.1. The van der Waals surface area contributed by atoms with Crippen molar-refractivity contribution in [2.45, 2.75) is 5.91 Å². The lowest BCUT2D eigenvalue weighted by Crippen LogP contribution is -2.71. The van der Waals surface area contributed by atoms with E-state index in [0.717, 1.165) is 78.5 Å². The van der Waals surface area contributed by atoms with Crippen LogP contribution in [0.5, 0.6) is 0 Å². The van der Waals surface area contributed by atoms with Crippen LogP contribution in [0, 0.1) is 0 Å². The Balaban J connectivity index is 1.25. The molecule has 6 aliphatic heterocycles. The van der Waals surface area contributed by atoms with Crippen molar-refractivity contribution in [1.29, 1.82) is 0 Å². The zero-order valence-corrected chi connectivity index (χ0v) is 27.9. The molecule has 1 atom stereocenters. The van der Waals surface area contributed by atoms with E-state index in [4.69, 9.17) is 15.0 Å². The predicted octanol–water partition coefficient (Wildman–Crippen LogP) is 7.37. The Morgan fingerprint density at radius 1 is 0.434 bits per heavy atom. The fourth-order valence-electron chi connectivity index (χ4n) is 10.3. The Bertz CT molecular complexity index is 3680. The lowest BCUT2D eigenvalue weighted by atomic mass is 10.0. The van der Waals surface area contributed by atoms with Gasteiger partial charge < -0.3 is 0 Å². The van der Waals surface area contributed by atoms with Gasteiger partial charge in [0.15, 0.2) is 0 Å². The van der Waals surface area contributed by atoms with Gasteiger partial charge in [-0.2, -0.15) is 4.57 Å². The molecule has 2 aromatic heterocycles. The predicted molar refractivity (Wildman–Crippen MR) is 209 cm³/mol. The van der Waals surface area contributed by atoms with Gasteiger partial charge in [-0.15, -0.1) is 9.15 Å². The van der Waals surface area contributed by atoms with Crippen LogP contribution < -0.4 is 10.8 Å². The van der Waals surface area contributed by atoms with Gasteiger partial charge in [0.05, 0.1) is 27.4 Å². The Kier molecular flexibility index (Phi) is 3.93. The van der Waals surface area contributed by atoms with Gasteiger partial charge >= 0.3 is 11.7 Å². The average molecular weight is 674 g/mol. The molecule has 15 rings (SSSR count). The monoisotopic (exact) mass is 673 g/mol. The highest BCUT2D eigenvalue weighted by atomic mass is 15.7. The molecule has 0 aliphatic carbocycles. The van der Waals surface area contributed by atoms with Crippen LogP contribution in [0.4, 0.5) is 11.6 Å². The van der Waals surface area contributed by atoms with Crippen molar-refractivity contribution in [3.8, 4) is 0 Å². The number of hydrogen-bond acceptors (Lipinski definition) is 3. The molecule has 0 fully saturated rings. The van der Waals surface area contributed by atoms with Gasteiger partial charge in [0.25, 0.3) is 17.5 Å². The normalized spacial score (nSPS) is 19.0. The molecular weight excluding hydrogens is 651 g/mol. The zero-order chi connectivity index (χ0) is 33.9. The molecule has 9 aromatic rings. The Morgan fingerprint density at radius 2 is 0.943 bits per heavy atom. The molecule has 6 aliphatic rings. The second-order valence-corrected chi connectivity index (χ2v) is 14.9. The highest BCUT2D eigenvalue weighted by molar-refractivity contribution is 6.29. The topological polar surface area (TPSA) is 53.0 Å². The molecule has 7 nitrogen and oxygen atoms in total. The molecule has 1 spiro atoms. The summed E-state index contributed by atoms with van der Waals surface area (Å²) >= 11 is 0. The largest absolute Gasteiger partial charge is 0.423 e. The quantitative estimate of drug-likeness (QED) is 0.151. The van der Waals surface area contributed by atoms with Gasteiger partial charge in [-0.1, -0.05) is 94.9 Å². The number of fused-ring (bicyclic) bond motifs is 15. The van der Waals surface area contributed by atoms with Crippen LogP contribution in [0.2, 0.25) is 0 Å². The summed E-state index contributed by atoms with van der Waals surface area (Å²) in [7, 11) is 0. The van der Waals surface area contributed by atoms with E-state index in [1.807, 2.05) is 0 Å². The standard InChI is InChI=1S/C46H23N7/c1-2-10-25-18-33-32(17-24(25)9-1)39-23-38-30-15-7-8-16-31(30)40-47-42-34-19-26-11-3-5-13-28(26)21-36(34)44-49-45-37-22-29-14-6-4-12-27(29)20-35(37)43-48-41(33)51(39)46(50(38)40,52(42)44)53(43)45/h1-23H/q+2. The van der Waals surface area contributed by atoms with Crippen LogP contribution in [0.25, 0.3) is 59.9 Å². The minimum atomic E-state index is -0.967. The van der Waals surface area contributed by atoms with Crippen molar-refractivity contribution in [1.82, 2.24) is 9.13 Å². The van der Waals surface area contributed by atoms with Crippen molar-refractivity contribution in [2.24, 2.45) is 15.0 Å². The minimum absolute atomic E-state index is 0.911. The first-order chi connectivity index (χ1) is 26.3. The summed E-state index contributed by atoms with van der Waals surface area (Å²) in [6.45, 7) is 0. The third-order valence-electron chi connectivity index (χ3n) is 12.4. The number of hydrogen-bond donors (Lipinski definition) is 0. The van der Waals surface area contributed by atoms with Crippen molar-refractivity contribution in [3.63, 3.8) is 0 Å². The van der Waals surface area contributed by atoms with Crippen LogP contribution >= 0.6 is 0 Å². The highest BCUT2D eigenvalue weighted by Gasteiger charge is 2.69. The number of benzene rings is 7. The number of amidine groups is 3. The zero-order valence-electron chi connectivity index (χ0n) is 27.9. The number of aliphatic imine (C=N–C) groups is 2. The molecule has 8 heterocycles. The van der Waals surface area contributed by atoms with E-state index in [1.54, 1.807) is 0 Å². The van der Waals surface area contributed by atoms with Crippen LogP contribution in [-0.2, 0) is 5.91 Å². The molecule has 0 saturated carbocycles. The van der Waals surface area contributed by atoms with E-state index >= 15 is 0 Å². The van der Waals surface area contributed by atoms with E-state index < -0.39 is 5.91 Å². The second-order valence-electron chi connectivity index (χ2n) is 14.9. The van der Waals surface area contributed by atoms with Crippen molar-refractivity contribution >= 4 is 94.8 Å². The lowest BCUT2D eigenvalue weighted by Gasteiger charge is -2.40. The van der Waals surface area contributed by atoms with E-state index in [2.05, 4.69) is 158 Å². The molecule has 1 unspecified atom stereocenters. The van der Waals surface area contributed by atoms with Gasteiger partial charge in [-0.25, -0.2) is 4.57 Å². The first kappa shape index (κ1) is 25.7. The van der Waals surface area contributed by atoms with Crippen molar-refractivity contribution in [3.05, 3.63) is 167 Å². The Morgan fingerprint density at radius 3 is 1.58 bits per heavy atom. The third-order valence-corrected chi connectivity index (χ3v) is 12.4. The molecule has 7 aromatic carbocycles. The fraction of sp³-hybridized carbons (Fsp3) is 0.0217. The van der Waals surface area contributed by atoms with E-state index in [-0.39, 0.29) is 0 Å². The van der Waals surface area contributed by atoms with E-state index in [0.29, 0.717) is 0 Å². The summed E-state index contributed by atoms with van der Waals surface area (Å²) in [5.41, 5.74) is 6.59. The Hall–Kier alpha value is -7.25. The molecular formula is C46H23N7+2. The summed E-state index contributed by atoms with van der Waals surface area (Å²) in [6.07, 6.45) is 2.37. The van der Waals surface area contributed by atoms with Gasteiger partial charge in [0.2, 0.25) is 11.3 Å². The molecule has 0 radical (unpaired) electrons. The smallest absolute Gasteiger partial charge is 0.217 e. The second kappa shape index (κ2) is 8.11. The number of rotatable bonds is 0. The van der Waals surface area contributed by atoms with Crippen LogP contribution in [0.1, 0.15) is 22.3 Å². The minimum Gasteiger partial charge on any atom is -0.217 e. The molecule has 0 amide bonds. The SMILES string of the molecule is C1=c2c3cc4ccccc4cc3c3n2C24n5c(c6cc7ccccc7cc6c5N=C5c6cc7ccccc7cc6C(=[N+]52)N=3)N=C2c3ccccc3C1=[N+]24. The average Bonchev–Trinajstić information content (AvgIpc) is 3.90. The van der Waals surface area contributed by atoms with Crippen LogP contribution in [0.15, 0.2) is 148 Å². The lowest BCUT2D eigenvalue weighted by molar-refractivity contribution is -0.789. The molecule has 0 bridgehead atoms. The molecule has 53 heavy (non-hydrogen) atoms. The molecule has 240 valence electrons. The summed E-state index contributed by atoms with van der Waals surface area (Å²) in [5, 5.41) is 12.8. The summed E-state index contributed by atoms with van der Waals surface area (Å²) in [5.74, 6) is 3.62. The Labute approximate surface area is 299 Å². The maximum absolute atomic E-state index is 5.72. The van der Waals surface area contributed by atoms with Crippen LogP contribution in [0.3, 0.4) is 0 Å². The van der Waals surface area contributed by atoms with E-state index in [9.17, 15) is 0 Å². The van der Waals surface area contributed by atoms with E-state index in [1.165, 1.54) is 43.3 Å². The fourth-order valence-corrected chi connectivity index (χ4v) is 10.3. The van der Waals surface area contributed by atoms with Gasteiger partial charge in [0, 0.05) is 27.8 Å². The maximum Gasteiger partial charge on any atom is 0.423 e. The summed E-state index contributed by atoms with van der Waals surface area (Å²) in [6, 6.07) is 48.6. The molecule has 0 saturated heterocycles. The van der Waals surface area contributed by atoms with Crippen molar-refractivity contribution in [2.75, 3.05) is 0 Å². The van der Waals surface area contributed by atoms with Gasteiger partial charge in [-0.3, -0.25) is 0 Å². The third kappa shape index (κ3) is 2.62. The first-order valence-corrected chi connectivity index (χ1v) is 18.1. The highest BCUT2D eigenvalue weighted by Crippen LogP contribution is 2.53. The molecule has 0 N–H and O–H groups in total.